The number of rotatable bonds is 6. The van der Waals surface area contributed by atoms with Gasteiger partial charge in [0.1, 0.15) is 11.6 Å². The number of methoxy groups -OCH3 is 1. The van der Waals surface area contributed by atoms with Crippen molar-refractivity contribution in [3.05, 3.63) is 53.5 Å². The number of nitrogens with one attached hydrogen (secondary N) is 2. The van der Waals surface area contributed by atoms with Gasteiger partial charge in [-0.05, 0) is 51.2 Å². The molecule has 1 aromatic heterocycles. The standard InChI is InChI=1S/C22H28N4O3/c1-14-5-4-6-17(13-14)20(22(28)29-3)26-21(27)16-7-9-18(10-8-16)25-19-11-12-23-15(2)24-19/h4-6,11-13,16,18,20H,7-10H2,1-3H3,(H,26,27)(H,23,24,25). The van der Waals surface area contributed by atoms with Gasteiger partial charge in [-0.25, -0.2) is 14.8 Å². The minimum absolute atomic E-state index is 0.0989. The van der Waals surface area contributed by atoms with E-state index >= 15 is 0 Å². The number of ether oxygens (including phenoxy) is 1. The second kappa shape index (κ2) is 9.49. The Morgan fingerprint density at radius 2 is 1.90 bits per heavy atom. The Labute approximate surface area is 171 Å². The zero-order valence-corrected chi connectivity index (χ0v) is 17.1. The van der Waals surface area contributed by atoms with Crippen LogP contribution in [0.4, 0.5) is 5.82 Å². The fourth-order valence-electron chi connectivity index (χ4n) is 3.75. The van der Waals surface area contributed by atoms with Crippen LogP contribution in [0.5, 0.6) is 0 Å². The zero-order valence-electron chi connectivity index (χ0n) is 17.1. The summed E-state index contributed by atoms with van der Waals surface area (Å²) in [6.45, 7) is 3.81. The lowest BCUT2D eigenvalue weighted by atomic mass is 9.85. The average molecular weight is 396 g/mol. The Morgan fingerprint density at radius 1 is 1.14 bits per heavy atom. The summed E-state index contributed by atoms with van der Waals surface area (Å²) in [4.78, 5) is 33.6. The van der Waals surface area contributed by atoms with E-state index in [1.54, 1.807) is 6.20 Å². The molecule has 1 fully saturated rings. The van der Waals surface area contributed by atoms with E-state index in [-0.39, 0.29) is 17.9 Å². The van der Waals surface area contributed by atoms with Crippen LogP contribution in [0.15, 0.2) is 36.5 Å². The number of aromatic nitrogens is 2. The van der Waals surface area contributed by atoms with Gasteiger partial charge in [0, 0.05) is 18.2 Å². The van der Waals surface area contributed by atoms with Gasteiger partial charge in [0.25, 0.3) is 0 Å². The summed E-state index contributed by atoms with van der Waals surface area (Å²) >= 11 is 0. The van der Waals surface area contributed by atoms with Crippen LogP contribution in [-0.4, -0.2) is 35.0 Å². The summed E-state index contributed by atoms with van der Waals surface area (Å²) in [6, 6.07) is 8.90. The largest absolute Gasteiger partial charge is 0.467 e. The van der Waals surface area contributed by atoms with Crippen LogP contribution < -0.4 is 10.6 Å². The van der Waals surface area contributed by atoms with Gasteiger partial charge < -0.3 is 15.4 Å². The number of nitrogens with zero attached hydrogens (tertiary/aromatic N) is 2. The van der Waals surface area contributed by atoms with Crippen molar-refractivity contribution in [2.45, 2.75) is 51.6 Å². The number of anilines is 1. The molecule has 29 heavy (non-hydrogen) atoms. The minimum atomic E-state index is -0.785. The molecule has 1 aromatic carbocycles. The fraction of sp³-hybridized carbons (Fsp3) is 0.455. The molecule has 0 aliphatic heterocycles. The molecule has 154 valence electrons. The van der Waals surface area contributed by atoms with Gasteiger partial charge in [-0.2, -0.15) is 0 Å². The molecule has 1 amide bonds. The van der Waals surface area contributed by atoms with Crippen LogP contribution in [-0.2, 0) is 14.3 Å². The highest BCUT2D eigenvalue weighted by Gasteiger charge is 2.30. The van der Waals surface area contributed by atoms with E-state index in [0.29, 0.717) is 0 Å². The van der Waals surface area contributed by atoms with Crippen molar-refractivity contribution in [3.63, 3.8) is 0 Å². The van der Waals surface area contributed by atoms with Crippen LogP contribution in [0, 0.1) is 19.8 Å². The van der Waals surface area contributed by atoms with Gasteiger partial charge in [-0.3, -0.25) is 4.79 Å². The lowest BCUT2D eigenvalue weighted by Gasteiger charge is -2.29. The van der Waals surface area contributed by atoms with Crippen LogP contribution in [0.3, 0.4) is 0 Å². The second-order valence-corrected chi connectivity index (χ2v) is 7.56. The quantitative estimate of drug-likeness (QED) is 0.729. The highest BCUT2D eigenvalue weighted by atomic mass is 16.5. The Bertz CT molecular complexity index is 863. The van der Waals surface area contributed by atoms with Crippen LogP contribution in [0.1, 0.15) is 48.7 Å². The van der Waals surface area contributed by atoms with Crippen molar-refractivity contribution < 1.29 is 14.3 Å². The molecule has 0 saturated heterocycles. The summed E-state index contributed by atoms with van der Waals surface area (Å²) in [5, 5.41) is 6.32. The van der Waals surface area contributed by atoms with Gasteiger partial charge in [-0.15, -0.1) is 0 Å². The molecule has 7 heteroatoms. The first-order chi connectivity index (χ1) is 14.0. The Hall–Kier alpha value is -2.96. The number of benzene rings is 1. The van der Waals surface area contributed by atoms with Crippen molar-refractivity contribution >= 4 is 17.7 Å². The maximum atomic E-state index is 12.8. The smallest absolute Gasteiger partial charge is 0.333 e. The summed E-state index contributed by atoms with van der Waals surface area (Å²) in [5.74, 6) is 0.873. The molecular formula is C22H28N4O3. The van der Waals surface area contributed by atoms with Crippen molar-refractivity contribution in [2.24, 2.45) is 5.92 Å². The number of hydrogen-bond acceptors (Lipinski definition) is 6. The zero-order chi connectivity index (χ0) is 20.8. The molecule has 1 aliphatic carbocycles. The van der Waals surface area contributed by atoms with E-state index in [1.165, 1.54) is 7.11 Å². The van der Waals surface area contributed by atoms with E-state index in [1.807, 2.05) is 44.2 Å². The first-order valence-corrected chi connectivity index (χ1v) is 9.97. The summed E-state index contributed by atoms with van der Waals surface area (Å²) in [7, 11) is 1.34. The third-order valence-corrected chi connectivity index (χ3v) is 5.32. The minimum Gasteiger partial charge on any atom is -0.467 e. The average Bonchev–Trinajstić information content (AvgIpc) is 2.72. The van der Waals surface area contributed by atoms with Gasteiger partial charge in [0.2, 0.25) is 5.91 Å². The lowest BCUT2D eigenvalue weighted by molar-refractivity contribution is -0.146. The summed E-state index contributed by atoms with van der Waals surface area (Å²) in [5.41, 5.74) is 1.76. The molecular weight excluding hydrogens is 368 g/mol. The first-order valence-electron chi connectivity index (χ1n) is 9.97. The predicted octanol–water partition coefficient (Wildman–Crippen LogP) is 3.09. The summed E-state index contributed by atoms with van der Waals surface area (Å²) < 4.78 is 4.91. The van der Waals surface area contributed by atoms with Crippen molar-refractivity contribution in [1.82, 2.24) is 15.3 Å². The Kier molecular flexibility index (Phi) is 6.80. The van der Waals surface area contributed by atoms with E-state index in [2.05, 4.69) is 20.6 Å². The fourth-order valence-corrected chi connectivity index (χ4v) is 3.75. The number of aryl methyl sites for hydroxylation is 2. The van der Waals surface area contributed by atoms with Gasteiger partial charge in [0.05, 0.1) is 7.11 Å². The molecule has 7 nitrogen and oxygen atoms in total. The highest BCUT2D eigenvalue weighted by molar-refractivity contribution is 5.86. The highest BCUT2D eigenvalue weighted by Crippen LogP contribution is 2.27. The topological polar surface area (TPSA) is 93.2 Å². The number of hydrogen-bond donors (Lipinski definition) is 2. The number of esters is 1. The monoisotopic (exact) mass is 396 g/mol. The van der Waals surface area contributed by atoms with Crippen molar-refractivity contribution in [3.8, 4) is 0 Å². The molecule has 1 unspecified atom stereocenters. The predicted molar refractivity (Wildman–Crippen MR) is 110 cm³/mol. The summed E-state index contributed by atoms with van der Waals surface area (Å²) in [6.07, 6.45) is 5.00. The first kappa shape index (κ1) is 20.8. The lowest BCUT2D eigenvalue weighted by Crippen LogP contribution is -2.40. The number of amides is 1. The van der Waals surface area contributed by atoms with Crippen LogP contribution >= 0.6 is 0 Å². The Morgan fingerprint density at radius 3 is 2.55 bits per heavy atom. The molecule has 1 atom stereocenters. The maximum Gasteiger partial charge on any atom is 0.333 e. The van der Waals surface area contributed by atoms with E-state index < -0.39 is 12.0 Å². The molecule has 1 saturated carbocycles. The number of carbonyl (C=O) groups is 2. The maximum absolute atomic E-state index is 12.8. The third kappa shape index (κ3) is 5.53. The molecule has 2 aromatic rings. The van der Waals surface area contributed by atoms with Gasteiger partial charge in [-0.1, -0.05) is 29.8 Å². The van der Waals surface area contributed by atoms with E-state index in [0.717, 1.165) is 48.5 Å². The Balaban J connectivity index is 1.58. The van der Waals surface area contributed by atoms with Crippen LogP contribution in [0.25, 0.3) is 0 Å². The van der Waals surface area contributed by atoms with Gasteiger partial charge in [0.15, 0.2) is 6.04 Å². The van der Waals surface area contributed by atoms with Gasteiger partial charge >= 0.3 is 5.97 Å². The molecule has 0 radical (unpaired) electrons. The molecule has 1 aliphatic rings. The van der Waals surface area contributed by atoms with E-state index in [9.17, 15) is 9.59 Å². The normalized spacial score (nSPS) is 19.8. The molecule has 3 rings (SSSR count). The molecule has 0 bridgehead atoms. The molecule has 0 spiro atoms. The van der Waals surface area contributed by atoms with Crippen molar-refractivity contribution in [1.29, 1.82) is 0 Å². The van der Waals surface area contributed by atoms with Crippen LogP contribution in [0.2, 0.25) is 0 Å². The second-order valence-electron chi connectivity index (χ2n) is 7.56. The third-order valence-electron chi connectivity index (χ3n) is 5.32. The van der Waals surface area contributed by atoms with Crippen molar-refractivity contribution in [2.75, 3.05) is 12.4 Å². The SMILES string of the molecule is COC(=O)C(NC(=O)C1CCC(Nc2ccnc(C)n2)CC1)c1cccc(C)c1. The molecule has 2 N–H and O–H groups in total. The number of carbonyl (C=O) groups excluding carboxylic acids is 2. The molecule has 1 heterocycles. The van der Waals surface area contributed by atoms with E-state index in [4.69, 9.17) is 4.74 Å².